The predicted octanol–water partition coefficient (Wildman–Crippen LogP) is 5.58. The Balaban J connectivity index is 1.73. The van der Waals surface area contributed by atoms with Gasteiger partial charge in [0.05, 0.1) is 15.1 Å². The number of amides is 1. The van der Waals surface area contributed by atoms with Gasteiger partial charge in [0.15, 0.2) is 11.9 Å². The lowest BCUT2D eigenvalue weighted by Crippen LogP contribution is -2.30. The number of pyridine rings is 1. The van der Waals surface area contributed by atoms with Crippen molar-refractivity contribution < 1.29 is 18.7 Å². The van der Waals surface area contributed by atoms with Gasteiger partial charge in [0.25, 0.3) is 5.91 Å². The Bertz CT molecular complexity index is 1060. The van der Waals surface area contributed by atoms with E-state index in [9.17, 15) is 14.0 Å². The molecule has 1 atom stereocenters. The average Bonchev–Trinajstić information content (AvgIpc) is 2.93. The van der Waals surface area contributed by atoms with Gasteiger partial charge in [-0.2, -0.15) is 0 Å². The van der Waals surface area contributed by atoms with Gasteiger partial charge in [-0.05, 0) is 31.2 Å². The van der Waals surface area contributed by atoms with E-state index in [4.69, 9.17) is 39.5 Å². The van der Waals surface area contributed by atoms with Gasteiger partial charge in [-0.1, -0.05) is 34.8 Å². The normalized spacial score (nSPS) is 12.0. The Morgan fingerprint density at radius 2 is 2.00 bits per heavy atom. The summed E-state index contributed by atoms with van der Waals surface area (Å²) < 4.78 is 19.0. The van der Waals surface area contributed by atoms with Gasteiger partial charge in [0.1, 0.15) is 10.7 Å². The maximum atomic E-state index is 13.3. The van der Waals surface area contributed by atoms with Crippen molar-refractivity contribution in [3.05, 3.63) is 56.2 Å². The highest BCUT2D eigenvalue weighted by atomic mass is 35.5. The molecule has 0 aliphatic rings. The van der Waals surface area contributed by atoms with Gasteiger partial charge in [0.2, 0.25) is 0 Å². The Morgan fingerprint density at radius 1 is 1.26 bits per heavy atom. The highest BCUT2D eigenvalue weighted by Gasteiger charge is 2.24. The van der Waals surface area contributed by atoms with Crippen LogP contribution >= 0.6 is 46.1 Å². The molecule has 0 saturated carbocycles. The number of hydrogen-bond acceptors (Lipinski definition) is 5. The van der Waals surface area contributed by atoms with E-state index in [1.54, 1.807) is 0 Å². The molecule has 0 aliphatic carbocycles. The van der Waals surface area contributed by atoms with E-state index in [0.717, 1.165) is 11.3 Å². The molecule has 2 aromatic heterocycles. The molecule has 1 N–H and O–H groups in total. The first-order valence-corrected chi connectivity index (χ1v) is 9.41. The number of fused-ring (bicyclic) bond motifs is 1. The number of benzene rings is 1. The quantitative estimate of drug-likeness (QED) is 0.530. The zero-order valence-electron chi connectivity index (χ0n) is 13.6. The molecule has 0 saturated heterocycles. The second-order valence-electron chi connectivity index (χ2n) is 5.41. The van der Waals surface area contributed by atoms with E-state index in [0.29, 0.717) is 15.1 Å². The molecular formula is C17H10Cl3FN2O3S. The highest BCUT2D eigenvalue weighted by Crippen LogP contribution is 2.36. The lowest BCUT2D eigenvalue weighted by Gasteiger charge is -2.13. The summed E-state index contributed by atoms with van der Waals surface area (Å²) in [7, 11) is 0. The van der Waals surface area contributed by atoms with Crippen molar-refractivity contribution >= 4 is 73.9 Å². The third kappa shape index (κ3) is 4.32. The minimum atomic E-state index is -1.15. The molecule has 3 rings (SSSR count). The number of rotatable bonds is 4. The second kappa shape index (κ2) is 7.98. The Morgan fingerprint density at radius 3 is 2.70 bits per heavy atom. The van der Waals surface area contributed by atoms with Crippen LogP contribution in [0.4, 0.5) is 10.2 Å². The lowest BCUT2D eigenvalue weighted by atomic mass is 10.2. The fourth-order valence-corrected chi connectivity index (χ4v) is 4.01. The molecule has 2 heterocycles. The van der Waals surface area contributed by atoms with Crippen molar-refractivity contribution in [2.45, 2.75) is 13.0 Å². The molecule has 5 nitrogen and oxygen atoms in total. The van der Waals surface area contributed by atoms with Crippen LogP contribution in [0.25, 0.3) is 10.1 Å². The van der Waals surface area contributed by atoms with Crippen LogP contribution in [0, 0.1) is 5.82 Å². The number of hydrogen-bond donors (Lipinski definition) is 1. The van der Waals surface area contributed by atoms with Gasteiger partial charge in [-0.3, -0.25) is 4.79 Å². The van der Waals surface area contributed by atoms with Crippen LogP contribution in [-0.2, 0) is 9.53 Å². The van der Waals surface area contributed by atoms with Crippen LogP contribution in [-0.4, -0.2) is 23.0 Å². The number of aromatic nitrogens is 1. The Hall–Kier alpha value is -1.93. The molecule has 0 aliphatic heterocycles. The molecule has 0 spiro atoms. The predicted molar refractivity (Wildman–Crippen MR) is 105 cm³/mol. The lowest BCUT2D eigenvalue weighted by molar-refractivity contribution is -0.123. The van der Waals surface area contributed by atoms with E-state index < -0.39 is 23.8 Å². The molecule has 27 heavy (non-hydrogen) atoms. The molecule has 0 radical (unpaired) electrons. The van der Waals surface area contributed by atoms with Crippen molar-refractivity contribution in [3.63, 3.8) is 0 Å². The van der Waals surface area contributed by atoms with Gasteiger partial charge >= 0.3 is 5.97 Å². The van der Waals surface area contributed by atoms with E-state index >= 15 is 0 Å². The number of anilines is 1. The highest BCUT2D eigenvalue weighted by molar-refractivity contribution is 7.21. The van der Waals surface area contributed by atoms with Gasteiger partial charge in [-0.25, -0.2) is 14.2 Å². The summed E-state index contributed by atoms with van der Waals surface area (Å²) in [6, 6.07) is 5.41. The Kier molecular flexibility index (Phi) is 5.86. The number of carbonyl (C=O) groups is 2. The molecule has 1 amide bonds. The third-order valence-corrected chi connectivity index (χ3v) is 5.61. The van der Waals surface area contributed by atoms with Crippen molar-refractivity contribution in [3.8, 4) is 0 Å². The maximum absolute atomic E-state index is 13.3. The van der Waals surface area contributed by atoms with Crippen LogP contribution in [0.3, 0.4) is 0 Å². The number of thiophene rings is 1. The number of carbonyl (C=O) groups excluding carboxylic acids is 2. The maximum Gasteiger partial charge on any atom is 0.350 e. The van der Waals surface area contributed by atoms with Gasteiger partial charge in [0, 0.05) is 16.3 Å². The smallest absolute Gasteiger partial charge is 0.350 e. The summed E-state index contributed by atoms with van der Waals surface area (Å²) in [6.45, 7) is 1.39. The summed E-state index contributed by atoms with van der Waals surface area (Å²) in [5, 5.41) is 3.58. The van der Waals surface area contributed by atoms with Crippen molar-refractivity contribution in [1.29, 1.82) is 0 Å². The van der Waals surface area contributed by atoms with E-state index in [-0.39, 0.29) is 20.7 Å². The summed E-state index contributed by atoms with van der Waals surface area (Å²) in [5.74, 6) is -1.78. The van der Waals surface area contributed by atoms with Gasteiger partial charge in [-0.15, -0.1) is 11.3 Å². The van der Waals surface area contributed by atoms with E-state index in [2.05, 4.69) is 10.3 Å². The van der Waals surface area contributed by atoms with Crippen LogP contribution in [0.1, 0.15) is 16.6 Å². The number of nitrogens with one attached hydrogen (secondary N) is 1. The first-order valence-electron chi connectivity index (χ1n) is 7.46. The van der Waals surface area contributed by atoms with Crippen LogP contribution in [0.15, 0.2) is 30.5 Å². The summed E-state index contributed by atoms with van der Waals surface area (Å²) in [6.07, 6.45) is 0.166. The fourth-order valence-electron chi connectivity index (χ4n) is 2.16. The first-order chi connectivity index (χ1) is 12.8. The van der Waals surface area contributed by atoms with Gasteiger partial charge < -0.3 is 10.1 Å². The standard InChI is InChI=1S/C17H10Cl3FN2O3S/c1-7(16(24)23-15-11(19)4-8(18)6-22-15)26-17(25)14-13(20)10-3-2-9(21)5-12(10)27-14/h2-7H,1H3,(H,22,23,24). The third-order valence-electron chi connectivity index (χ3n) is 3.48. The molecular weight excluding hydrogens is 438 g/mol. The molecule has 1 aromatic carbocycles. The second-order valence-corrected chi connectivity index (χ2v) is 7.68. The number of nitrogens with zero attached hydrogens (tertiary/aromatic N) is 1. The van der Waals surface area contributed by atoms with Crippen molar-refractivity contribution in [2.75, 3.05) is 5.32 Å². The first kappa shape index (κ1) is 19.8. The summed E-state index contributed by atoms with van der Waals surface area (Å²) >= 11 is 18.9. The van der Waals surface area contributed by atoms with Crippen molar-refractivity contribution in [1.82, 2.24) is 4.98 Å². The molecule has 3 aromatic rings. The Labute approximate surface area is 172 Å². The molecule has 10 heteroatoms. The molecule has 0 bridgehead atoms. The fraction of sp³-hybridized carbons (Fsp3) is 0.118. The van der Waals surface area contributed by atoms with Crippen LogP contribution in [0.2, 0.25) is 15.1 Å². The zero-order chi connectivity index (χ0) is 19.7. The number of ether oxygens (including phenoxy) is 1. The minimum absolute atomic E-state index is 0.0829. The monoisotopic (exact) mass is 446 g/mol. The van der Waals surface area contributed by atoms with E-state index in [1.807, 2.05) is 0 Å². The number of esters is 1. The molecule has 1 unspecified atom stereocenters. The van der Waals surface area contributed by atoms with Crippen molar-refractivity contribution in [2.24, 2.45) is 0 Å². The summed E-state index contributed by atoms with van der Waals surface area (Å²) in [4.78, 5) is 28.6. The minimum Gasteiger partial charge on any atom is -0.448 e. The average molecular weight is 448 g/mol. The molecule has 140 valence electrons. The topological polar surface area (TPSA) is 68.3 Å². The largest absolute Gasteiger partial charge is 0.448 e. The van der Waals surface area contributed by atoms with Crippen LogP contribution in [0.5, 0.6) is 0 Å². The zero-order valence-corrected chi connectivity index (χ0v) is 16.6. The van der Waals surface area contributed by atoms with Crippen LogP contribution < -0.4 is 5.32 Å². The van der Waals surface area contributed by atoms with E-state index in [1.165, 1.54) is 37.4 Å². The SMILES string of the molecule is CC(OC(=O)c1sc2cc(F)ccc2c1Cl)C(=O)Nc1ncc(Cl)cc1Cl. The number of halogens is 4. The molecule has 0 fully saturated rings. The summed E-state index contributed by atoms with van der Waals surface area (Å²) in [5.41, 5.74) is 0.